The summed E-state index contributed by atoms with van der Waals surface area (Å²) in [4.78, 5) is 26.6. The number of hydrogen-bond acceptors (Lipinski definition) is 5. The van der Waals surface area contributed by atoms with Gasteiger partial charge in [0.2, 0.25) is 0 Å². The van der Waals surface area contributed by atoms with E-state index in [1.165, 1.54) is 0 Å². The molecule has 2 fully saturated rings. The molecule has 0 saturated carbocycles. The molecule has 0 unspecified atom stereocenters. The summed E-state index contributed by atoms with van der Waals surface area (Å²) in [5.41, 5.74) is 8.37. The lowest BCUT2D eigenvalue weighted by molar-refractivity contribution is -0.123. The molecule has 0 bridgehead atoms. The highest BCUT2D eigenvalue weighted by Crippen LogP contribution is 2.23. The first-order chi connectivity index (χ1) is 8.56. The van der Waals surface area contributed by atoms with Crippen LogP contribution in [0.3, 0.4) is 0 Å². The number of nitrogens with one attached hydrogen (secondary N) is 1. The molecule has 2 heterocycles. The van der Waals surface area contributed by atoms with E-state index >= 15 is 0 Å². The molecule has 0 aromatic rings. The second-order valence-corrected chi connectivity index (χ2v) is 4.07. The van der Waals surface area contributed by atoms with Gasteiger partial charge in [-0.1, -0.05) is 0 Å². The Bertz CT molecular complexity index is 433. The number of aliphatic hydroxyl groups is 2. The zero-order chi connectivity index (χ0) is 13.3. The van der Waals surface area contributed by atoms with E-state index < -0.39 is 30.4 Å². The second-order valence-electron chi connectivity index (χ2n) is 4.07. The molecule has 0 spiro atoms. The van der Waals surface area contributed by atoms with Crippen LogP contribution in [0.2, 0.25) is 0 Å². The molecule has 0 aliphatic carbocycles. The minimum atomic E-state index is -0.980. The van der Waals surface area contributed by atoms with Crippen LogP contribution in [0.4, 0.5) is 4.79 Å². The first-order valence-corrected chi connectivity index (χ1v) is 5.34. The highest BCUT2D eigenvalue weighted by atomic mass is 16.5. The molecule has 3 atom stereocenters. The zero-order valence-corrected chi connectivity index (χ0v) is 9.31. The quantitative estimate of drug-likeness (QED) is 0.376. The van der Waals surface area contributed by atoms with Gasteiger partial charge in [-0.3, -0.25) is 15.0 Å². The Morgan fingerprint density at radius 2 is 2.28 bits per heavy atom. The zero-order valence-electron chi connectivity index (χ0n) is 9.31. The monoisotopic (exact) mass is 256 g/mol. The predicted molar refractivity (Wildman–Crippen MR) is 55.2 cm³/mol. The minimum absolute atomic E-state index is 0.185. The van der Waals surface area contributed by atoms with Crippen molar-refractivity contribution in [3.63, 3.8) is 0 Å². The minimum Gasteiger partial charge on any atom is -0.394 e. The summed E-state index contributed by atoms with van der Waals surface area (Å²) in [6.45, 7) is -0.538. The van der Waals surface area contributed by atoms with Gasteiger partial charge in [-0.15, -0.1) is 0 Å². The van der Waals surface area contributed by atoms with E-state index in [0.29, 0.717) is 0 Å². The molecule has 9 heteroatoms. The third-order valence-corrected chi connectivity index (χ3v) is 2.86. The Labute approximate surface area is 102 Å². The number of rotatable bonds is 2. The van der Waals surface area contributed by atoms with E-state index in [2.05, 4.69) is 4.79 Å². The van der Waals surface area contributed by atoms with E-state index in [4.69, 9.17) is 15.4 Å². The van der Waals surface area contributed by atoms with Crippen LogP contribution in [0, 0.1) is 0 Å². The lowest BCUT2D eigenvalue weighted by Gasteiger charge is -2.30. The van der Waals surface area contributed by atoms with Gasteiger partial charge >= 0.3 is 17.6 Å². The van der Waals surface area contributed by atoms with Crippen LogP contribution in [0.5, 0.6) is 0 Å². The number of nitrogens with zero attached hydrogens (tertiary/aromatic N) is 3. The van der Waals surface area contributed by atoms with Crippen LogP contribution >= 0.6 is 0 Å². The van der Waals surface area contributed by atoms with Gasteiger partial charge in [-0.25, -0.2) is 4.79 Å². The molecule has 9 nitrogen and oxygen atoms in total. The number of imide groups is 1. The molecule has 18 heavy (non-hydrogen) atoms. The number of carbonyl (C=O) groups is 2. The van der Waals surface area contributed by atoms with Gasteiger partial charge in [0.25, 0.3) is 0 Å². The smallest absolute Gasteiger partial charge is 0.375 e. The van der Waals surface area contributed by atoms with Crippen LogP contribution in [0.15, 0.2) is 0 Å². The third-order valence-electron chi connectivity index (χ3n) is 2.86. The molecule has 98 valence electrons. The highest BCUT2D eigenvalue weighted by Gasteiger charge is 2.45. The lowest BCUT2D eigenvalue weighted by atomic mass is 10.1. The van der Waals surface area contributed by atoms with Gasteiger partial charge < -0.3 is 20.5 Å². The van der Waals surface area contributed by atoms with Gasteiger partial charge in [0.05, 0.1) is 12.7 Å². The number of amides is 3. The summed E-state index contributed by atoms with van der Waals surface area (Å²) in [7, 11) is 0. The van der Waals surface area contributed by atoms with Crippen molar-refractivity contribution in [3.8, 4) is 0 Å². The molecule has 0 aromatic heterocycles. The Morgan fingerprint density at radius 1 is 1.56 bits per heavy atom. The summed E-state index contributed by atoms with van der Waals surface area (Å²) >= 11 is 0. The third kappa shape index (κ3) is 2.12. The Balaban J connectivity index is 2.15. The number of urea groups is 1. The average molecular weight is 256 g/mol. The maximum absolute atomic E-state index is 11.6. The van der Waals surface area contributed by atoms with Crippen LogP contribution in [-0.2, 0) is 9.53 Å². The average Bonchev–Trinajstić information content (AvgIpc) is 2.71. The predicted octanol–water partition coefficient (Wildman–Crippen LogP) is -2.32. The van der Waals surface area contributed by atoms with Crippen LogP contribution in [0.1, 0.15) is 6.42 Å². The fourth-order valence-electron chi connectivity index (χ4n) is 1.96. The van der Waals surface area contributed by atoms with Gasteiger partial charge in [0.1, 0.15) is 12.6 Å². The lowest BCUT2D eigenvalue weighted by Crippen LogP contribution is -2.60. The van der Waals surface area contributed by atoms with Crippen molar-refractivity contribution >= 4 is 17.6 Å². The Hall–Kier alpha value is -1.80. The van der Waals surface area contributed by atoms with E-state index in [-0.39, 0.29) is 25.3 Å². The summed E-state index contributed by atoms with van der Waals surface area (Å²) in [5.74, 6) is -0.787. The highest BCUT2D eigenvalue weighted by molar-refractivity contribution is 6.41. The van der Waals surface area contributed by atoms with Crippen molar-refractivity contribution < 1.29 is 29.3 Å². The molecule has 2 rings (SSSR count). The SMILES string of the molecule is [N-]=[N+]=C1CN([C@@H]2O[C@H](CO)C[C@H]2O)C(=O)NC1=O. The van der Waals surface area contributed by atoms with Crippen LogP contribution < -0.4 is 5.32 Å². The van der Waals surface area contributed by atoms with Crippen molar-refractivity contribution in [3.05, 3.63) is 5.53 Å². The normalized spacial score (nSPS) is 32.4. The fourth-order valence-corrected chi connectivity index (χ4v) is 1.96. The molecule has 0 radical (unpaired) electrons. The number of ether oxygens (including phenoxy) is 1. The van der Waals surface area contributed by atoms with Crippen molar-refractivity contribution in [2.75, 3.05) is 13.2 Å². The molecule has 3 amide bonds. The first kappa shape index (κ1) is 12.7. The molecular weight excluding hydrogens is 244 g/mol. The van der Waals surface area contributed by atoms with Gasteiger partial charge in [0, 0.05) is 6.42 Å². The maximum Gasteiger partial charge on any atom is 0.375 e. The van der Waals surface area contributed by atoms with E-state index in [1.807, 2.05) is 5.32 Å². The van der Waals surface area contributed by atoms with Crippen LogP contribution in [-0.4, -0.2) is 69.1 Å². The van der Waals surface area contributed by atoms with Crippen LogP contribution in [0.25, 0.3) is 5.53 Å². The summed E-state index contributed by atoms with van der Waals surface area (Å²) in [6.07, 6.45) is -2.33. The van der Waals surface area contributed by atoms with Gasteiger partial charge in [-0.05, 0) is 0 Å². The molecule has 2 aliphatic rings. The number of aliphatic hydroxyl groups excluding tert-OH is 2. The van der Waals surface area contributed by atoms with E-state index in [1.54, 1.807) is 0 Å². The standard InChI is InChI=1S/C9H12N4O5/c10-12-5-2-13(9(17)11-7(5)16)8-6(15)1-4(3-14)18-8/h4,6,8,14-15H,1-3H2,(H,11,16,17)/t4-,6+,8+/m0/s1. The van der Waals surface area contributed by atoms with Gasteiger partial charge in [-0.2, -0.15) is 4.79 Å². The molecule has 2 aliphatic heterocycles. The summed E-state index contributed by atoms with van der Waals surface area (Å²) < 4.78 is 5.28. The Morgan fingerprint density at radius 3 is 2.83 bits per heavy atom. The summed E-state index contributed by atoms with van der Waals surface area (Å²) in [5, 5.41) is 20.6. The molecule has 0 aromatic carbocycles. The molecule has 3 N–H and O–H groups in total. The Kier molecular flexibility index (Phi) is 3.39. The maximum atomic E-state index is 11.6. The first-order valence-electron chi connectivity index (χ1n) is 5.34. The fraction of sp³-hybridized carbons (Fsp3) is 0.667. The van der Waals surface area contributed by atoms with Crippen molar-refractivity contribution in [1.29, 1.82) is 0 Å². The van der Waals surface area contributed by atoms with Crippen molar-refractivity contribution in [2.45, 2.75) is 24.9 Å². The molecule has 2 saturated heterocycles. The van der Waals surface area contributed by atoms with E-state index in [9.17, 15) is 14.7 Å². The van der Waals surface area contributed by atoms with E-state index in [0.717, 1.165) is 4.90 Å². The number of hydrogen-bond donors (Lipinski definition) is 3. The second kappa shape index (κ2) is 4.83. The van der Waals surface area contributed by atoms with Gasteiger partial charge in [0.15, 0.2) is 6.23 Å². The molecular formula is C9H12N4O5. The topological polar surface area (TPSA) is 136 Å². The number of carbonyl (C=O) groups excluding carboxylic acids is 2. The largest absolute Gasteiger partial charge is 0.394 e. The van der Waals surface area contributed by atoms with Crippen molar-refractivity contribution in [2.24, 2.45) is 0 Å². The summed E-state index contributed by atoms with van der Waals surface area (Å²) in [6, 6.07) is -0.741. The van der Waals surface area contributed by atoms with Crippen molar-refractivity contribution in [1.82, 2.24) is 10.2 Å².